The molecule has 6 nitrogen and oxygen atoms in total. The van der Waals surface area contributed by atoms with E-state index in [-0.39, 0.29) is 23.2 Å². The standard InChI is InChI=1S/C24H23F3N2O4S2/c25-24(26,27)19-9-6-18(7-10-19)16-33-20-4-1-3-17(15-20)8-11-22(30)21-5-2-13-29(21)35(31,32)23-28-12-14-34-23/h1,3-4,6-7,9-10,12,14-15,21H,2,5,8,11,13,16H2/t21-/m0/s1. The number of ketones is 1. The maximum absolute atomic E-state index is 12.9. The van der Waals surface area contributed by atoms with Crippen molar-refractivity contribution in [3.8, 4) is 5.75 Å². The molecule has 1 atom stereocenters. The first kappa shape index (κ1) is 25.3. The number of hydrogen-bond donors (Lipinski definition) is 0. The lowest BCUT2D eigenvalue weighted by Crippen LogP contribution is -2.40. The van der Waals surface area contributed by atoms with Crippen LogP contribution in [0.1, 0.15) is 36.0 Å². The minimum Gasteiger partial charge on any atom is -0.489 e. The monoisotopic (exact) mass is 524 g/mol. The molecule has 1 fully saturated rings. The van der Waals surface area contributed by atoms with E-state index < -0.39 is 27.8 Å². The molecule has 0 spiro atoms. The number of thiazole rings is 1. The Bertz CT molecular complexity index is 1260. The van der Waals surface area contributed by atoms with Crippen LogP contribution in [0.3, 0.4) is 0 Å². The number of sulfonamides is 1. The van der Waals surface area contributed by atoms with Gasteiger partial charge in [-0.1, -0.05) is 24.3 Å². The van der Waals surface area contributed by atoms with Crippen molar-refractivity contribution in [2.75, 3.05) is 6.54 Å². The highest BCUT2D eigenvalue weighted by molar-refractivity contribution is 7.91. The van der Waals surface area contributed by atoms with E-state index in [2.05, 4.69) is 4.98 Å². The van der Waals surface area contributed by atoms with Crippen LogP contribution in [0, 0.1) is 0 Å². The molecule has 1 aliphatic heterocycles. The highest BCUT2D eigenvalue weighted by atomic mass is 32.2. The van der Waals surface area contributed by atoms with Gasteiger partial charge < -0.3 is 4.74 Å². The summed E-state index contributed by atoms with van der Waals surface area (Å²) >= 11 is 1.03. The quantitative estimate of drug-likeness (QED) is 0.390. The van der Waals surface area contributed by atoms with Gasteiger partial charge in [0.1, 0.15) is 12.4 Å². The van der Waals surface area contributed by atoms with Crippen molar-refractivity contribution >= 4 is 27.1 Å². The molecular formula is C24H23F3N2O4S2. The fraction of sp³-hybridized carbons (Fsp3) is 0.333. The van der Waals surface area contributed by atoms with Crippen molar-refractivity contribution in [3.05, 3.63) is 76.8 Å². The fourth-order valence-electron chi connectivity index (χ4n) is 3.97. The van der Waals surface area contributed by atoms with Crippen LogP contribution in [0.25, 0.3) is 0 Å². The molecule has 0 bridgehead atoms. The summed E-state index contributed by atoms with van der Waals surface area (Å²) in [6.07, 6.45) is -1.26. The predicted molar refractivity (Wildman–Crippen MR) is 125 cm³/mol. The zero-order chi connectivity index (χ0) is 25.1. The second-order valence-electron chi connectivity index (χ2n) is 8.17. The van der Waals surface area contributed by atoms with Crippen molar-refractivity contribution < 1.29 is 31.1 Å². The third-order valence-electron chi connectivity index (χ3n) is 5.76. The van der Waals surface area contributed by atoms with Crippen LogP contribution in [-0.2, 0) is 34.0 Å². The van der Waals surface area contributed by atoms with Crippen molar-refractivity contribution in [2.24, 2.45) is 0 Å². The number of benzene rings is 2. The average molecular weight is 525 g/mol. The molecule has 0 amide bonds. The summed E-state index contributed by atoms with van der Waals surface area (Å²) in [5.41, 5.74) is 0.727. The molecule has 2 heterocycles. The van der Waals surface area contributed by atoms with Gasteiger partial charge in [0.2, 0.25) is 4.34 Å². The highest BCUT2D eigenvalue weighted by Gasteiger charge is 2.40. The Labute approximate surface area is 205 Å². The zero-order valence-corrected chi connectivity index (χ0v) is 20.2. The predicted octanol–water partition coefficient (Wildman–Crippen LogP) is 5.10. The Hall–Kier alpha value is -2.76. The number of ether oxygens (including phenoxy) is 1. The van der Waals surface area contributed by atoms with Gasteiger partial charge in [-0.05, 0) is 54.7 Å². The minimum atomic E-state index is -4.38. The molecular weight excluding hydrogens is 501 g/mol. The van der Waals surface area contributed by atoms with Gasteiger partial charge in [-0.25, -0.2) is 13.4 Å². The molecule has 4 rings (SSSR count). The number of halogens is 3. The summed E-state index contributed by atoms with van der Waals surface area (Å²) < 4.78 is 70.7. The molecule has 1 aromatic heterocycles. The Morgan fingerprint density at radius 1 is 1.14 bits per heavy atom. The highest BCUT2D eigenvalue weighted by Crippen LogP contribution is 2.30. The van der Waals surface area contributed by atoms with Crippen molar-refractivity contribution in [1.29, 1.82) is 0 Å². The van der Waals surface area contributed by atoms with Crippen LogP contribution in [0.4, 0.5) is 13.2 Å². The van der Waals surface area contributed by atoms with Gasteiger partial charge in [-0.3, -0.25) is 4.79 Å². The molecule has 11 heteroatoms. The van der Waals surface area contributed by atoms with Gasteiger partial charge in [-0.15, -0.1) is 11.3 Å². The van der Waals surface area contributed by atoms with Crippen LogP contribution in [0.5, 0.6) is 5.75 Å². The van der Waals surface area contributed by atoms with Crippen LogP contribution in [-0.4, -0.2) is 36.1 Å². The first-order valence-corrected chi connectivity index (χ1v) is 13.3. The number of rotatable bonds is 9. The number of carbonyl (C=O) groups is 1. The van der Waals surface area contributed by atoms with Crippen LogP contribution < -0.4 is 4.74 Å². The van der Waals surface area contributed by atoms with E-state index in [1.807, 2.05) is 6.07 Å². The SMILES string of the molecule is O=C(CCc1cccc(OCc2ccc(C(F)(F)F)cc2)c1)[C@@H]1CCCN1S(=O)(=O)c1nccs1. The molecule has 0 saturated carbocycles. The maximum Gasteiger partial charge on any atom is 0.416 e. The largest absolute Gasteiger partial charge is 0.489 e. The molecule has 35 heavy (non-hydrogen) atoms. The Morgan fingerprint density at radius 3 is 2.60 bits per heavy atom. The topological polar surface area (TPSA) is 76.6 Å². The summed E-state index contributed by atoms with van der Waals surface area (Å²) in [6.45, 7) is 0.401. The summed E-state index contributed by atoms with van der Waals surface area (Å²) in [6, 6.07) is 11.2. The Balaban J connectivity index is 1.33. The van der Waals surface area contributed by atoms with Gasteiger partial charge >= 0.3 is 6.18 Å². The van der Waals surface area contributed by atoms with Crippen molar-refractivity contribution in [1.82, 2.24) is 9.29 Å². The van der Waals surface area contributed by atoms with E-state index in [9.17, 15) is 26.4 Å². The van der Waals surface area contributed by atoms with E-state index in [0.717, 1.165) is 29.0 Å². The fourth-order valence-corrected chi connectivity index (χ4v) is 6.59. The molecule has 0 unspecified atom stereocenters. The van der Waals surface area contributed by atoms with E-state index >= 15 is 0 Å². The summed E-state index contributed by atoms with van der Waals surface area (Å²) in [5, 5.41) is 1.59. The lowest BCUT2D eigenvalue weighted by Gasteiger charge is -2.21. The number of alkyl halides is 3. The normalized spacial score (nSPS) is 16.9. The number of nitrogens with zero attached hydrogens (tertiary/aromatic N) is 2. The second-order valence-corrected chi connectivity index (χ2v) is 11.1. The average Bonchev–Trinajstić information content (AvgIpc) is 3.54. The van der Waals surface area contributed by atoms with E-state index in [0.29, 0.717) is 37.1 Å². The molecule has 0 radical (unpaired) electrons. The van der Waals surface area contributed by atoms with Gasteiger partial charge in [0.25, 0.3) is 10.0 Å². The zero-order valence-electron chi connectivity index (χ0n) is 18.6. The molecule has 1 saturated heterocycles. The van der Waals surface area contributed by atoms with Crippen LogP contribution >= 0.6 is 11.3 Å². The second kappa shape index (κ2) is 10.5. The van der Waals surface area contributed by atoms with Gasteiger partial charge in [-0.2, -0.15) is 17.5 Å². The smallest absolute Gasteiger partial charge is 0.416 e. The Kier molecular flexibility index (Phi) is 7.58. The molecule has 0 N–H and O–H groups in total. The third kappa shape index (κ3) is 6.09. The molecule has 1 aliphatic rings. The first-order valence-electron chi connectivity index (χ1n) is 11.0. The molecule has 186 valence electrons. The van der Waals surface area contributed by atoms with E-state index in [4.69, 9.17) is 4.74 Å². The summed E-state index contributed by atoms with van der Waals surface area (Å²) in [4.78, 5) is 16.8. The molecule has 3 aromatic rings. The number of carbonyl (C=O) groups excluding carboxylic acids is 1. The van der Waals surface area contributed by atoms with Gasteiger partial charge in [0, 0.05) is 24.5 Å². The van der Waals surface area contributed by atoms with E-state index in [1.54, 1.807) is 23.6 Å². The van der Waals surface area contributed by atoms with E-state index in [1.165, 1.54) is 22.6 Å². The molecule has 0 aliphatic carbocycles. The van der Waals surface area contributed by atoms with Crippen LogP contribution in [0.2, 0.25) is 0 Å². The number of aromatic nitrogens is 1. The first-order chi connectivity index (χ1) is 16.6. The number of hydrogen-bond acceptors (Lipinski definition) is 6. The summed E-state index contributed by atoms with van der Waals surface area (Å²) in [7, 11) is -3.79. The lowest BCUT2D eigenvalue weighted by molar-refractivity contribution is -0.137. The number of aryl methyl sites for hydroxylation is 1. The summed E-state index contributed by atoms with van der Waals surface area (Å²) in [5.74, 6) is 0.391. The Morgan fingerprint density at radius 2 is 1.91 bits per heavy atom. The molecule has 2 aromatic carbocycles. The lowest BCUT2D eigenvalue weighted by atomic mass is 10.0. The van der Waals surface area contributed by atoms with Crippen molar-refractivity contribution in [3.63, 3.8) is 0 Å². The number of Topliss-reactive ketones (excluding diaryl/α,β-unsaturated/α-hetero) is 1. The third-order valence-corrected chi connectivity index (χ3v) is 8.85. The van der Waals surface area contributed by atoms with Crippen molar-refractivity contribution in [2.45, 2.75) is 48.8 Å². The minimum absolute atomic E-state index is 0.00454. The van der Waals surface area contributed by atoms with Gasteiger partial charge in [0.15, 0.2) is 5.78 Å². The van der Waals surface area contributed by atoms with Gasteiger partial charge in [0.05, 0.1) is 11.6 Å². The van der Waals surface area contributed by atoms with Crippen LogP contribution in [0.15, 0.2) is 64.4 Å². The maximum atomic E-state index is 12.9.